The first-order valence-electron chi connectivity index (χ1n) is 27.1. The first kappa shape index (κ1) is 47.9. The van der Waals surface area contributed by atoms with Gasteiger partial charge in [0, 0.05) is 79.1 Å². The Morgan fingerprint density at radius 1 is 0.240 bits per heavy atom. The van der Waals surface area contributed by atoms with Crippen LogP contribution in [0.2, 0.25) is 0 Å². The molecule has 9 aromatic carbocycles. The summed E-state index contributed by atoms with van der Waals surface area (Å²) in [5, 5.41) is 0. The summed E-state index contributed by atoms with van der Waals surface area (Å²) in [4.78, 5) is 13.1. The van der Waals surface area contributed by atoms with Gasteiger partial charge in [-0.15, -0.1) is 11.3 Å². The molecule has 2 fully saturated rings. The van der Waals surface area contributed by atoms with Gasteiger partial charge in [0.1, 0.15) is 0 Å². The van der Waals surface area contributed by atoms with Crippen LogP contribution in [0, 0.1) is 0 Å². The normalized spacial score (nSPS) is 17.4. The van der Waals surface area contributed by atoms with Crippen molar-refractivity contribution in [3.63, 3.8) is 0 Å². The molecule has 370 valence electrons. The maximum absolute atomic E-state index is 2.64. The SMILES string of the molecule is c1ccc(-c2ccc(C3CCC(N(c4ccc(-c5ccc(N(c6ccccc6)C6CCC(N(c7ccccc7)c7ccccc7)CC6)cc5)cc4)c4ccc(N(c5ccccc5)c5ccccc5)cc4)CC3)s2)cc1. The number of benzene rings is 9. The van der Waals surface area contributed by atoms with E-state index in [0.717, 1.165) is 55.6 Å². The molecule has 4 nitrogen and oxygen atoms in total. The van der Waals surface area contributed by atoms with Crippen LogP contribution in [-0.2, 0) is 0 Å². The minimum atomic E-state index is 0.379. The molecule has 2 aliphatic carbocycles. The minimum absolute atomic E-state index is 0.379. The van der Waals surface area contributed by atoms with Crippen molar-refractivity contribution in [1.29, 1.82) is 0 Å². The van der Waals surface area contributed by atoms with Crippen molar-refractivity contribution < 1.29 is 0 Å². The van der Waals surface area contributed by atoms with Crippen LogP contribution in [0.4, 0.5) is 51.2 Å². The highest BCUT2D eigenvalue weighted by Crippen LogP contribution is 2.45. The quantitative estimate of drug-likeness (QED) is 0.101. The van der Waals surface area contributed by atoms with Gasteiger partial charge in [0.25, 0.3) is 0 Å². The Labute approximate surface area is 448 Å². The van der Waals surface area contributed by atoms with E-state index < -0.39 is 0 Å². The van der Waals surface area contributed by atoms with E-state index in [4.69, 9.17) is 0 Å². The van der Waals surface area contributed by atoms with Crippen LogP contribution in [-0.4, -0.2) is 18.1 Å². The number of thiophene rings is 1. The van der Waals surface area contributed by atoms with Crippen LogP contribution in [0.15, 0.2) is 267 Å². The molecule has 0 unspecified atom stereocenters. The fraction of sp³-hybridized carbons (Fsp3) is 0.171. The lowest BCUT2D eigenvalue weighted by atomic mass is 9.84. The van der Waals surface area contributed by atoms with Crippen LogP contribution < -0.4 is 19.6 Å². The summed E-state index contributed by atoms with van der Waals surface area (Å²) in [6.45, 7) is 0. The van der Waals surface area contributed by atoms with Gasteiger partial charge >= 0.3 is 0 Å². The number of hydrogen-bond acceptors (Lipinski definition) is 5. The van der Waals surface area contributed by atoms with Crippen molar-refractivity contribution in [2.45, 2.75) is 75.4 Å². The first-order chi connectivity index (χ1) is 37.2. The maximum Gasteiger partial charge on any atom is 0.0463 e. The lowest BCUT2D eigenvalue weighted by Gasteiger charge is -2.42. The van der Waals surface area contributed by atoms with E-state index in [2.05, 4.69) is 287 Å². The molecule has 2 aliphatic rings. The Hall–Kier alpha value is -8.12. The molecule has 12 rings (SSSR count). The minimum Gasteiger partial charge on any atom is -0.338 e. The van der Waals surface area contributed by atoms with Crippen molar-refractivity contribution >= 4 is 62.5 Å². The van der Waals surface area contributed by atoms with Gasteiger partial charge in [-0.05, 0) is 195 Å². The molecule has 0 spiro atoms. The van der Waals surface area contributed by atoms with E-state index in [1.165, 1.54) is 73.4 Å². The lowest BCUT2D eigenvalue weighted by molar-refractivity contribution is 0.387. The molecular formula is C70H64N4S. The summed E-state index contributed by atoms with van der Waals surface area (Å²) >= 11 is 1.98. The Kier molecular flexibility index (Phi) is 14.4. The van der Waals surface area contributed by atoms with Gasteiger partial charge in [-0.3, -0.25) is 0 Å². The molecule has 0 atom stereocenters. The highest BCUT2D eigenvalue weighted by molar-refractivity contribution is 7.15. The highest BCUT2D eigenvalue weighted by Gasteiger charge is 2.32. The fourth-order valence-corrected chi connectivity index (χ4v) is 13.2. The maximum atomic E-state index is 2.64. The number of nitrogens with zero attached hydrogens (tertiary/aromatic N) is 4. The average molecular weight is 993 g/mol. The zero-order valence-corrected chi connectivity index (χ0v) is 43.4. The molecule has 0 N–H and O–H groups in total. The van der Waals surface area contributed by atoms with Crippen LogP contribution in [0.3, 0.4) is 0 Å². The van der Waals surface area contributed by atoms with Crippen molar-refractivity contribution in [2.24, 2.45) is 0 Å². The largest absolute Gasteiger partial charge is 0.338 e. The third-order valence-corrected chi connectivity index (χ3v) is 17.0. The predicted octanol–water partition coefficient (Wildman–Crippen LogP) is 19.7. The van der Waals surface area contributed by atoms with Crippen molar-refractivity contribution in [3.05, 3.63) is 272 Å². The summed E-state index contributed by atoms with van der Waals surface area (Å²) < 4.78 is 0. The van der Waals surface area contributed by atoms with Gasteiger partial charge in [0.05, 0.1) is 0 Å². The van der Waals surface area contributed by atoms with Crippen LogP contribution in [0.25, 0.3) is 21.6 Å². The van der Waals surface area contributed by atoms with E-state index >= 15 is 0 Å². The summed E-state index contributed by atoms with van der Waals surface area (Å²) in [6.07, 6.45) is 9.08. The monoisotopic (exact) mass is 992 g/mol. The second-order valence-corrected chi connectivity index (χ2v) is 21.4. The van der Waals surface area contributed by atoms with E-state index in [1.54, 1.807) is 0 Å². The third kappa shape index (κ3) is 10.6. The zero-order chi connectivity index (χ0) is 50.2. The fourth-order valence-electron chi connectivity index (χ4n) is 12.0. The number of anilines is 9. The summed E-state index contributed by atoms with van der Waals surface area (Å²) in [7, 11) is 0. The van der Waals surface area contributed by atoms with Crippen LogP contribution >= 0.6 is 11.3 Å². The Balaban J connectivity index is 0.800. The third-order valence-electron chi connectivity index (χ3n) is 15.7. The lowest BCUT2D eigenvalue weighted by Crippen LogP contribution is -2.41. The highest BCUT2D eigenvalue weighted by atomic mass is 32.1. The molecule has 2 saturated carbocycles. The van der Waals surface area contributed by atoms with Gasteiger partial charge in [0.2, 0.25) is 0 Å². The van der Waals surface area contributed by atoms with Gasteiger partial charge in [-0.1, -0.05) is 146 Å². The number of rotatable bonds is 15. The molecule has 1 heterocycles. The molecule has 10 aromatic rings. The number of hydrogen-bond donors (Lipinski definition) is 0. The van der Waals surface area contributed by atoms with Gasteiger partial charge in [0.15, 0.2) is 0 Å². The Morgan fingerprint density at radius 3 is 0.893 bits per heavy atom. The molecule has 5 heteroatoms. The van der Waals surface area contributed by atoms with E-state index in [9.17, 15) is 0 Å². The van der Waals surface area contributed by atoms with Crippen molar-refractivity contribution in [3.8, 4) is 21.6 Å². The van der Waals surface area contributed by atoms with Gasteiger partial charge in [-0.25, -0.2) is 0 Å². The van der Waals surface area contributed by atoms with E-state index in [0.29, 0.717) is 24.0 Å². The Morgan fingerprint density at radius 2 is 0.520 bits per heavy atom. The molecule has 0 bridgehead atoms. The summed E-state index contributed by atoms with van der Waals surface area (Å²) in [5.41, 5.74) is 14.7. The second kappa shape index (κ2) is 22.6. The summed E-state index contributed by atoms with van der Waals surface area (Å²) in [6, 6.07) is 99.1. The molecule has 0 aliphatic heterocycles. The smallest absolute Gasteiger partial charge is 0.0463 e. The standard InChI is InChI=1S/C70H64N4S/c1-7-19-55(20-8-1)69-51-52-70(75-69)56-35-41-64(42-36-56)74(68-49-45-66(46-50-68)72(59-25-13-4-14-26-59)60-27-15-5-16-28-60)63-39-33-54(34-40-63)53-31-37-62(38-32-53)73(61-29-17-6-18-30-61)67-47-43-65(44-48-67)71(57-21-9-2-10-22-57)58-23-11-3-12-24-58/h1-34,37-40,45-46,49-52,56,64-65,67H,35-36,41-44,47-48H2. The molecular weight excluding hydrogens is 929 g/mol. The van der Waals surface area contributed by atoms with E-state index in [-0.39, 0.29) is 0 Å². The van der Waals surface area contributed by atoms with Gasteiger partial charge in [-0.2, -0.15) is 0 Å². The summed E-state index contributed by atoms with van der Waals surface area (Å²) in [5.74, 6) is 0.584. The predicted molar refractivity (Wildman–Crippen MR) is 320 cm³/mol. The molecule has 1 aromatic heterocycles. The molecule has 75 heavy (non-hydrogen) atoms. The molecule has 0 amide bonds. The average Bonchev–Trinajstić information content (AvgIpc) is 3.99. The van der Waals surface area contributed by atoms with Crippen LogP contribution in [0.1, 0.15) is 62.2 Å². The second-order valence-electron chi connectivity index (χ2n) is 20.3. The van der Waals surface area contributed by atoms with Crippen molar-refractivity contribution in [2.75, 3.05) is 19.6 Å². The first-order valence-corrected chi connectivity index (χ1v) is 27.9. The van der Waals surface area contributed by atoms with Crippen LogP contribution in [0.5, 0.6) is 0 Å². The zero-order valence-electron chi connectivity index (χ0n) is 42.6. The molecule has 0 saturated heterocycles. The molecule has 0 radical (unpaired) electrons. The topological polar surface area (TPSA) is 13.0 Å². The number of para-hydroxylation sites is 5. The van der Waals surface area contributed by atoms with Gasteiger partial charge < -0.3 is 19.6 Å². The van der Waals surface area contributed by atoms with Crippen molar-refractivity contribution in [1.82, 2.24) is 0 Å². The van der Waals surface area contributed by atoms with E-state index in [1.807, 2.05) is 11.3 Å². The Bertz CT molecular complexity index is 3240.